The number of rotatable bonds is 4. The maximum Gasteiger partial charge on any atom is 0.337 e. The molecule has 0 atom stereocenters. The molecule has 0 amide bonds. The second-order valence-corrected chi connectivity index (χ2v) is 5.19. The van der Waals surface area contributed by atoms with Crippen molar-refractivity contribution in [1.29, 1.82) is 0 Å². The molecule has 0 bridgehead atoms. The van der Waals surface area contributed by atoms with E-state index < -0.39 is 0 Å². The second-order valence-electron chi connectivity index (χ2n) is 4.27. The summed E-state index contributed by atoms with van der Waals surface area (Å²) in [5, 5.41) is 3.26. The zero-order chi connectivity index (χ0) is 14.5. The van der Waals surface area contributed by atoms with Gasteiger partial charge in [0.05, 0.1) is 24.0 Å². The van der Waals surface area contributed by atoms with Crippen LogP contribution in [-0.2, 0) is 11.3 Å². The maximum absolute atomic E-state index is 11.3. The first-order chi connectivity index (χ1) is 9.60. The van der Waals surface area contributed by atoms with Crippen molar-refractivity contribution < 1.29 is 9.53 Å². The van der Waals surface area contributed by atoms with Crippen molar-refractivity contribution in [3.8, 4) is 0 Å². The number of nitrogens with one attached hydrogen (secondary N) is 1. The van der Waals surface area contributed by atoms with E-state index in [0.717, 1.165) is 15.7 Å². The van der Waals surface area contributed by atoms with Crippen LogP contribution in [0, 0.1) is 0 Å². The van der Waals surface area contributed by atoms with Gasteiger partial charge in [0.25, 0.3) is 0 Å². The van der Waals surface area contributed by atoms with Crippen LogP contribution in [0.25, 0.3) is 0 Å². The Labute approximate surface area is 126 Å². The van der Waals surface area contributed by atoms with Crippen molar-refractivity contribution in [2.45, 2.75) is 6.54 Å². The number of methoxy groups -OCH3 is 1. The summed E-state index contributed by atoms with van der Waals surface area (Å²) in [6.45, 7) is 0.627. The number of benzene rings is 2. The normalized spacial score (nSPS) is 10.1. The number of hydrogen-bond donors (Lipinski definition) is 2. The number of nitrogens with two attached hydrogens (primary N) is 1. The molecule has 104 valence electrons. The standard InChI is InChI=1S/C15H15BrN2O2/c1-20-15(19)11-4-2-10(3-5-11)9-18-14-8-12(16)6-7-13(14)17/h2-8,18H,9,17H2,1H3. The molecule has 0 saturated carbocycles. The van der Waals surface area contributed by atoms with Crippen LogP contribution < -0.4 is 11.1 Å². The summed E-state index contributed by atoms with van der Waals surface area (Å²) < 4.78 is 5.63. The number of anilines is 2. The molecule has 0 aliphatic rings. The Morgan fingerprint density at radius 3 is 2.60 bits per heavy atom. The fraction of sp³-hybridized carbons (Fsp3) is 0.133. The van der Waals surface area contributed by atoms with E-state index in [1.54, 1.807) is 12.1 Å². The summed E-state index contributed by atoms with van der Waals surface area (Å²) in [7, 11) is 1.37. The minimum Gasteiger partial charge on any atom is -0.465 e. The SMILES string of the molecule is COC(=O)c1ccc(CNc2cc(Br)ccc2N)cc1. The van der Waals surface area contributed by atoms with Crippen molar-refractivity contribution in [3.63, 3.8) is 0 Å². The Morgan fingerprint density at radius 2 is 1.95 bits per heavy atom. The maximum atomic E-state index is 11.3. The Hall–Kier alpha value is -2.01. The van der Waals surface area contributed by atoms with E-state index in [2.05, 4.69) is 26.0 Å². The lowest BCUT2D eigenvalue weighted by atomic mass is 10.1. The molecule has 4 nitrogen and oxygen atoms in total. The molecule has 2 aromatic carbocycles. The molecule has 5 heteroatoms. The van der Waals surface area contributed by atoms with Crippen molar-refractivity contribution in [3.05, 3.63) is 58.1 Å². The van der Waals surface area contributed by atoms with E-state index in [9.17, 15) is 4.79 Å². The number of carbonyl (C=O) groups excluding carboxylic acids is 1. The molecule has 0 spiro atoms. The van der Waals surface area contributed by atoms with Gasteiger partial charge in [0.2, 0.25) is 0 Å². The third-order valence-corrected chi connectivity index (χ3v) is 3.37. The molecule has 20 heavy (non-hydrogen) atoms. The van der Waals surface area contributed by atoms with Crippen molar-refractivity contribution in [1.82, 2.24) is 0 Å². The highest BCUT2D eigenvalue weighted by atomic mass is 79.9. The van der Waals surface area contributed by atoms with Gasteiger partial charge in [0.1, 0.15) is 0 Å². The van der Waals surface area contributed by atoms with Gasteiger partial charge >= 0.3 is 5.97 Å². The largest absolute Gasteiger partial charge is 0.465 e. The zero-order valence-electron chi connectivity index (χ0n) is 11.0. The van der Waals surface area contributed by atoms with Gasteiger partial charge in [-0.2, -0.15) is 0 Å². The molecule has 0 unspecified atom stereocenters. The first-order valence-corrected chi connectivity index (χ1v) is 6.85. The van der Waals surface area contributed by atoms with Gasteiger partial charge in [-0.3, -0.25) is 0 Å². The minimum absolute atomic E-state index is 0.333. The quantitative estimate of drug-likeness (QED) is 0.664. The van der Waals surface area contributed by atoms with Crippen LogP contribution in [-0.4, -0.2) is 13.1 Å². The fourth-order valence-electron chi connectivity index (χ4n) is 1.76. The lowest BCUT2D eigenvalue weighted by Gasteiger charge is -2.10. The van der Waals surface area contributed by atoms with Gasteiger partial charge in [-0.15, -0.1) is 0 Å². The fourth-order valence-corrected chi connectivity index (χ4v) is 2.12. The summed E-state index contributed by atoms with van der Waals surface area (Å²) in [4.78, 5) is 11.3. The van der Waals surface area contributed by atoms with E-state index in [1.165, 1.54) is 7.11 Å². The molecular weight excluding hydrogens is 320 g/mol. The number of ether oxygens (including phenoxy) is 1. The van der Waals surface area contributed by atoms with Gasteiger partial charge in [-0.25, -0.2) is 4.79 Å². The third kappa shape index (κ3) is 3.51. The van der Waals surface area contributed by atoms with Crippen LogP contribution in [0.3, 0.4) is 0 Å². The molecule has 0 radical (unpaired) electrons. The third-order valence-electron chi connectivity index (χ3n) is 2.87. The number of nitrogen functional groups attached to an aromatic ring is 1. The smallest absolute Gasteiger partial charge is 0.337 e. The van der Waals surface area contributed by atoms with Crippen LogP contribution in [0.4, 0.5) is 11.4 Å². The lowest BCUT2D eigenvalue weighted by molar-refractivity contribution is 0.0600. The molecule has 2 aromatic rings. The summed E-state index contributed by atoms with van der Waals surface area (Å²) in [6.07, 6.45) is 0. The second kappa shape index (κ2) is 6.43. The highest BCUT2D eigenvalue weighted by molar-refractivity contribution is 9.10. The topological polar surface area (TPSA) is 64.3 Å². The van der Waals surface area contributed by atoms with Crippen molar-refractivity contribution in [2.75, 3.05) is 18.2 Å². The number of halogens is 1. The highest BCUT2D eigenvalue weighted by Crippen LogP contribution is 2.23. The van der Waals surface area contributed by atoms with E-state index in [-0.39, 0.29) is 5.97 Å². The van der Waals surface area contributed by atoms with Gasteiger partial charge in [-0.05, 0) is 35.9 Å². The lowest BCUT2D eigenvalue weighted by Crippen LogP contribution is -2.04. The summed E-state index contributed by atoms with van der Waals surface area (Å²) >= 11 is 3.41. The van der Waals surface area contributed by atoms with E-state index in [0.29, 0.717) is 17.8 Å². The highest BCUT2D eigenvalue weighted by Gasteiger charge is 2.05. The Balaban J connectivity index is 2.04. The monoisotopic (exact) mass is 334 g/mol. The first-order valence-electron chi connectivity index (χ1n) is 6.06. The Morgan fingerprint density at radius 1 is 1.25 bits per heavy atom. The molecule has 0 fully saturated rings. The van der Waals surface area contributed by atoms with Gasteiger partial charge in [-0.1, -0.05) is 28.1 Å². The predicted octanol–water partition coefficient (Wildman–Crippen LogP) is 3.43. The van der Waals surface area contributed by atoms with Crippen LogP contribution in [0.15, 0.2) is 46.9 Å². The molecule has 0 heterocycles. The Bertz CT molecular complexity index is 612. The van der Waals surface area contributed by atoms with Gasteiger partial charge < -0.3 is 15.8 Å². The molecule has 3 N–H and O–H groups in total. The number of carbonyl (C=O) groups is 1. The van der Waals surface area contributed by atoms with Crippen LogP contribution in [0.1, 0.15) is 15.9 Å². The zero-order valence-corrected chi connectivity index (χ0v) is 12.6. The molecule has 0 aliphatic heterocycles. The average Bonchev–Trinajstić information content (AvgIpc) is 2.48. The van der Waals surface area contributed by atoms with E-state index in [4.69, 9.17) is 5.73 Å². The molecule has 0 aromatic heterocycles. The number of esters is 1. The Kier molecular flexibility index (Phi) is 4.63. The average molecular weight is 335 g/mol. The predicted molar refractivity (Wildman–Crippen MR) is 83.7 cm³/mol. The molecule has 0 saturated heterocycles. The molecular formula is C15H15BrN2O2. The van der Waals surface area contributed by atoms with E-state index in [1.807, 2.05) is 30.3 Å². The molecule has 2 rings (SSSR count). The van der Waals surface area contributed by atoms with Gasteiger partial charge in [0, 0.05) is 11.0 Å². The van der Waals surface area contributed by atoms with Gasteiger partial charge in [0.15, 0.2) is 0 Å². The minimum atomic E-state index is -0.333. The van der Waals surface area contributed by atoms with Crippen LogP contribution in [0.2, 0.25) is 0 Å². The summed E-state index contributed by atoms with van der Waals surface area (Å²) in [5.74, 6) is -0.333. The van der Waals surface area contributed by atoms with E-state index >= 15 is 0 Å². The van der Waals surface area contributed by atoms with Crippen molar-refractivity contribution >= 4 is 33.3 Å². The first kappa shape index (κ1) is 14.4. The summed E-state index contributed by atoms with van der Waals surface area (Å²) in [6, 6.07) is 12.9. The molecule has 0 aliphatic carbocycles. The summed E-state index contributed by atoms with van der Waals surface area (Å²) in [5.41, 5.74) is 9.05. The number of hydrogen-bond acceptors (Lipinski definition) is 4. The van der Waals surface area contributed by atoms with Crippen molar-refractivity contribution in [2.24, 2.45) is 0 Å². The van der Waals surface area contributed by atoms with Crippen LogP contribution in [0.5, 0.6) is 0 Å². The van der Waals surface area contributed by atoms with Crippen LogP contribution >= 0.6 is 15.9 Å².